The molecule has 1 rings (SSSR count). The monoisotopic (exact) mass is 242 g/mol. The fourth-order valence-corrected chi connectivity index (χ4v) is 2.15. The lowest BCUT2D eigenvalue weighted by molar-refractivity contribution is -0.120. The van der Waals surface area contributed by atoms with Gasteiger partial charge in [0.25, 0.3) is 0 Å². The number of hydrogen-bond donors (Lipinski definition) is 1. The second kappa shape index (κ2) is 5.83. The van der Waals surface area contributed by atoms with Crippen molar-refractivity contribution in [3.05, 3.63) is 0 Å². The molecule has 1 fully saturated rings. The normalized spacial score (nSPS) is 22.5. The Kier molecular flexibility index (Phi) is 4.95. The van der Waals surface area contributed by atoms with Gasteiger partial charge in [0.05, 0.1) is 13.2 Å². The molecule has 0 spiro atoms. The topological polar surface area (TPSA) is 41.6 Å². The summed E-state index contributed by atoms with van der Waals surface area (Å²) in [4.78, 5) is 13.6. The molecule has 0 aliphatic carbocycles. The molecule has 0 bridgehead atoms. The van der Waals surface area contributed by atoms with Crippen LogP contribution in [0.5, 0.6) is 0 Å². The van der Waals surface area contributed by atoms with Crippen LogP contribution in [0.25, 0.3) is 0 Å². The number of rotatable bonds is 4. The standard InChI is InChI=1S/C13H26N2O2/c1-10(2)12(14-11(3)16)8-15-6-7-17-9-13(15,4)5/h10,12H,6-9H2,1-5H3,(H,14,16). The molecular formula is C13H26N2O2. The molecule has 1 atom stereocenters. The van der Waals surface area contributed by atoms with Crippen molar-refractivity contribution in [2.75, 3.05) is 26.3 Å². The fourth-order valence-electron chi connectivity index (χ4n) is 2.15. The predicted octanol–water partition coefficient (Wildman–Crippen LogP) is 1.26. The van der Waals surface area contributed by atoms with Crippen LogP contribution in [0.15, 0.2) is 0 Å². The minimum Gasteiger partial charge on any atom is -0.378 e. The minimum absolute atomic E-state index is 0.0507. The number of amides is 1. The highest BCUT2D eigenvalue weighted by Gasteiger charge is 2.32. The molecule has 0 aromatic carbocycles. The number of morpholine rings is 1. The SMILES string of the molecule is CC(=O)NC(CN1CCOCC1(C)C)C(C)C. The maximum atomic E-state index is 11.2. The van der Waals surface area contributed by atoms with E-state index in [4.69, 9.17) is 4.74 Å². The zero-order chi connectivity index (χ0) is 13.1. The van der Waals surface area contributed by atoms with E-state index in [9.17, 15) is 4.79 Å². The Balaban J connectivity index is 2.62. The first-order valence-electron chi connectivity index (χ1n) is 6.43. The summed E-state index contributed by atoms with van der Waals surface area (Å²) in [6, 6.07) is 0.213. The Hall–Kier alpha value is -0.610. The number of carbonyl (C=O) groups excluding carboxylic acids is 1. The van der Waals surface area contributed by atoms with E-state index in [1.54, 1.807) is 6.92 Å². The minimum atomic E-state index is 0.0507. The molecule has 1 aliphatic heterocycles. The smallest absolute Gasteiger partial charge is 0.217 e. The van der Waals surface area contributed by atoms with Gasteiger partial charge >= 0.3 is 0 Å². The predicted molar refractivity (Wildman–Crippen MR) is 68.9 cm³/mol. The number of hydrogen-bond acceptors (Lipinski definition) is 3. The van der Waals surface area contributed by atoms with Gasteiger partial charge in [-0.25, -0.2) is 0 Å². The summed E-state index contributed by atoms with van der Waals surface area (Å²) in [5, 5.41) is 3.04. The van der Waals surface area contributed by atoms with Crippen molar-refractivity contribution >= 4 is 5.91 Å². The molecule has 1 aliphatic rings. The van der Waals surface area contributed by atoms with Crippen molar-refractivity contribution in [3.8, 4) is 0 Å². The zero-order valence-electron chi connectivity index (χ0n) is 11.7. The largest absolute Gasteiger partial charge is 0.378 e. The van der Waals surface area contributed by atoms with Crippen LogP contribution in [-0.4, -0.2) is 48.7 Å². The lowest BCUT2D eigenvalue weighted by atomic mass is 9.98. The molecule has 1 unspecified atom stereocenters. The molecule has 4 heteroatoms. The van der Waals surface area contributed by atoms with E-state index in [2.05, 4.69) is 37.9 Å². The van der Waals surface area contributed by atoms with E-state index in [1.807, 2.05) is 0 Å². The summed E-state index contributed by atoms with van der Waals surface area (Å²) >= 11 is 0. The molecule has 100 valence electrons. The molecule has 17 heavy (non-hydrogen) atoms. The average molecular weight is 242 g/mol. The van der Waals surface area contributed by atoms with E-state index >= 15 is 0 Å². The van der Waals surface area contributed by atoms with Crippen LogP contribution in [0.3, 0.4) is 0 Å². The molecule has 1 heterocycles. The zero-order valence-corrected chi connectivity index (χ0v) is 11.7. The van der Waals surface area contributed by atoms with Crippen LogP contribution >= 0.6 is 0 Å². The average Bonchev–Trinajstić information content (AvgIpc) is 2.18. The Bertz CT molecular complexity index is 264. The lowest BCUT2D eigenvalue weighted by Crippen LogP contribution is -2.58. The first-order valence-corrected chi connectivity index (χ1v) is 6.43. The van der Waals surface area contributed by atoms with Crippen LogP contribution in [0.2, 0.25) is 0 Å². The third-order valence-electron chi connectivity index (χ3n) is 3.43. The third kappa shape index (κ3) is 4.28. The van der Waals surface area contributed by atoms with Gasteiger partial charge in [0, 0.05) is 31.6 Å². The Morgan fingerprint density at radius 1 is 1.47 bits per heavy atom. The highest BCUT2D eigenvalue weighted by molar-refractivity contribution is 5.73. The van der Waals surface area contributed by atoms with Crippen LogP contribution in [0.4, 0.5) is 0 Å². The Morgan fingerprint density at radius 2 is 2.12 bits per heavy atom. The second-order valence-electron chi connectivity index (χ2n) is 5.86. The van der Waals surface area contributed by atoms with E-state index in [1.165, 1.54) is 0 Å². The molecular weight excluding hydrogens is 216 g/mol. The maximum absolute atomic E-state index is 11.2. The molecule has 4 nitrogen and oxygen atoms in total. The third-order valence-corrected chi connectivity index (χ3v) is 3.43. The molecule has 0 aromatic rings. The van der Waals surface area contributed by atoms with Gasteiger partial charge < -0.3 is 10.1 Å². The van der Waals surface area contributed by atoms with E-state index < -0.39 is 0 Å². The van der Waals surface area contributed by atoms with Crippen LogP contribution in [-0.2, 0) is 9.53 Å². The summed E-state index contributed by atoms with van der Waals surface area (Å²) in [6.07, 6.45) is 0. The molecule has 1 saturated heterocycles. The first-order chi connectivity index (χ1) is 7.83. The number of nitrogens with one attached hydrogen (secondary N) is 1. The summed E-state index contributed by atoms with van der Waals surface area (Å²) in [5.74, 6) is 0.493. The summed E-state index contributed by atoms with van der Waals surface area (Å²) < 4.78 is 5.51. The number of carbonyl (C=O) groups is 1. The highest BCUT2D eigenvalue weighted by atomic mass is 16.5. The van der Waals surface area contributed by atoms with Crippen LogP contribution in [0.1, 0.15) is 34.6 Å². The first kappa shape index (κ1) is 14.5. The Labute approximate surface area is 105 Å². The summed E-state index contributed by atoms with van der Waals surface area (Å²) in [7, 11) is 0. The number of ether oxygens (including phenoxy) is 1. The quantitative estimate of drug-likeness (QED) is 0.807. The van der Waals surface area contributed by atoms with E-state index in [0.717, 1.165) is 26.3 Å². The maximum Gasteiger partial charge on any atom is 0.217 e. The van der Waals surface area contributed by atoms with Gasteiger partial charge in [0.15, 0.2) is 0 Å². The molecule has 0 radical (unpaired) electrons. The highest BCUT2D eigenvalue weighted by Crippen LogP contribution is 2.20. The van der Waals surface area contributed by atoms with E-state index in [0.29, 0.717) is 5.92 Å². The van der Waals surface area contributed by atoms with Gasteiger partial charge in [0.2, 0.25) is 5.91 Å². The van der Waals surface area contributed by atoms with Gasteiger partial charge in [-0.05, 0) is 19.8 Å². The van der Waals surface area contributed by atoms with Crippen molar-refractivity contribution in [2.45, 2.75) is 46.2 Å². The Morgan fingerprint density at radius 3 is 2.59 bits per heavy atom. The van der Waals surface area contributed by atoms with Gasteiger partial charge in [-0.3, -0.25) is 9.69 Å². The molecule has 0 saturated carbocycles. The van der Waals surface area contributed by atoms with Crippen molar-refractivity contribution in [2.24, 2.45) is 5.92 Å². The number of nitrogens with zero attached hydrogens (tertiary/aromatic N) is 1. The van der Waals surface area contributed by atoms with Gasteiger partial charge in [-0.15, -0.1) is 0 Å². The van der Waals surface area contributed by atoms with Gasteiger partial charge in [-0.2, -0.15) is 0 Å². The summed E-state index contributed by atoms with van der Waals surface area (Å²) in [5.41, 5.74) is 0.0594. The van der Waals surface area contributed by atoms with Gasteiger partial charge in [0.1, 0.15) is 0 Å². The van der Waals surface area contributed by atoms with E-state index in [-0.39, 0.29) is 17.5 Å². The molecule has 0 aromatic heterocycles. The second-order valence-corrected chi connectivity index (χ2v) is 5.86. The fraction of sp³-hybridized carbons (Fsp3) is 0.923. The molecule has 1 N–H and O–H groups in total. The van der Waals surface area contributed by atoms with Crippen molar-refractivity contribution in [3.63, 3.8) is 0 Å². The van der Waals surface area contributed by atoms with Crippen LogP contribution in [0, 0.1) is 5.92 Å². The lowest BCUT2D eigenvalue weighted by Gasteiger charge is -2.44. The van der Waals surface area contributed by atoms with Crippen molar-refractivity contribution < 1.29 is 9.53 Å². The summed E-state index contributed by atoms with van der Waals surface area (Å²) in [6.45, 7) is 13.6. The van der Waals surface area contributed by atoms with Crippen molar-refractivity contribution in [1.82, 2.24) is 10.2 Å². The molecule has 1 amide bonds. The van der Waals surface area contributed by atoms with Crippen LogP contribution < -0.4 is 5.32 Å². The van der Waals surface area contributed by atoms with Gasteiger partial charge in [-0.1, -0.05) is 13.8 Å². The van der Waals surface area contributed by atoms with Crippen molar-refractivity contribution in [1.29, 1.82) is 0 Å².